The van der Waals surface area contributed by atoms with E-state index >= 15 is 0 Å². The Balaban J connectivity index is 2.04. The summed E-state index contributed by atoms with van der Waals surface area (Å²) < 4.78 is 11.5. The van der Waals surface area contributed by atoms with Crippen molar-refractivity contribution in [1.29, 1.82) is 0 Å². The number of nitrogens with zero attached hydrogens (tertiary/aromatic N) is 1. The van der Waals surface area contributed by atoms with Crippen molar-refractivity contribution >= 4 is 11.6 Å². The van der Waals surface area contributed by atoms with Crippen LogP contribution < -0.4 is 14.8 Å². The highest BCUT2D eigenvalue weighted by molar-refractivity contribution is 5.84. The van der Waals surface area contributed by atoms with Crippen molar-refractivity contribution in [2.75, 3.05) is 31.6 Å². The molecule has 1 heterocycles. The normalized spacial score (nSPS) is 15.2. The molecule has 0 bridgehead atoms. The van der Waals surface area contributed by atoms with E-state index in [1.165, 1.54) is 0 Å². The second-order valence-corrected chi connectivity index (χ2v) is 6.26. The zero-order chi connectivity index (χ0) is 17.4. The van der Waals surface area contributed by atoms with Gasteiger partial charge in [0.05, 0.1) is 13.2 Å². The predicted octanol–water partition coefficient (Wildman–Crippen LogP) is 3.69. The van der Waals surface area contributed by atoms with Gasteiger partial charge in [0.15, 0.2) is 11.5 Å². The number of nitrogens with one attached hydrogen (secondary N) is 1. The highest BCUT2D eigenvalue weighted by Crippen LogP contribution is 2.31. The molecule has 0 spiro atoms. The summed E-state index contributed by atoms with van der Waals surface area (Å²) in [7, 11) is 0. The van der Waals surface area contributed by atoms with Gasteiger partial charge in [0.25, 0.3) is 0 Å². The van der Waals surface area contributed by atoms with Crippen LogP contribution in [0.4, 0.5) is 5.69 Å². The number of likely N-dealkylation sites (tertiary alicyclic amines) is 1. The molecule has 1 amide bonds. The lowest BCUT2D eigenvalue weighted by Gasteiger charge is -2.22. The van der Waals surface area contributed by atoms with Crippen LogP contribution in [0.3, 0.4) is 0 Å². The highest BCUT2D eigenvalue weighted by Gasteiger charge is 2.23. The molecule has 1 fully saturated rings. The molecular formula is C19H30N2O3. The Kier molecular flexibility index (Phi) is 7.22. The van der Waals surface area contributed by atoms with Crippen LogP contribution in [-0.2, 0) is 4.79 Å². The Morgan fingerprint density at radius 3 is 2.38 bits per heavy atom. The highest BCUT2D eigenvalue weighted by atomic mass is 16.5. The molecule has 24 heavy (non-hydrogen) atoms. The Labute approximate surface area is 145 Å². The van der Waals surface area contributed by atoms with Crippen LogP contribution in [0.25, 0.3) is 0 Å². The van der Waals surface area contributed by atoms with E-state index < -0.39 is 0 Å². The molecule has 0 aliphatic carbocycles. The minimum absolute atomic E-state index is 0.162. The average Bonchev–Trinajstić information content (AvgIpc) is 3.12. The first-order valence-electron chi connectivity index (χ1n) is 9.10. The van der Waals surface area contributed by atoms with E-state index in [2.05, 4.69) is 19.2 Å². The fourth-order valence-electron chi connectivity index (χ4n) is 2.78. The van der Waals surface area contributed by atoms with Crippen molar-refractivity contribution in [2.45, 2.75) is 52.5 Å². The number of rotatable bonds is 9. The summed E-state index contributed by atoms with van der Waals surface area (Å²) in [4.78, 5) is 14.4. The number of carbonyl (C=O) groups excluding carboxylic acids is 1. The zero-order valence-electron chi connectivity index (χ0n) is 15.1. The van der Waals surface area contributed by atoms with Gasteiger partial charge in [-0.05, 0) is 44.7 Å². The number of hydrogen-bond acceptors (Lipinski definition) is 4. The van der Waals surface area contributed by atoms with Gasteiger partial charge in [0.1, 0.15) is 6.04 Å². The quantitative estimate of drug-likeness (QED) is 0.748. The molecule has 2 rings (SSSR count). The average molecular weight is 334 g/mol. The van der Waals surface area contributed by atoms with Gasteiger partial charge in [0.2, 0.25) is 5.91 Å². The van der Waals surface area contributed by atoms with Crippen LogP contribution in [0.15, 0.2) is 18.2 Å². The first kappa shape index (κ1) is 18.4. The summed E-state index contributed by atoms with van der Waals surface area (Å²) in [5, 5.41) is 3.29. The molecule has 1 atom stereocenters. The van der Waals surface area contributed by atoms with Crippen LogP contribution in [0.1, 0.15) is 46.5 Å². The van der Waals surface area contributed by atoms with E-state index in [1.54, 1.807) is 0 Å². The molecule has 5 heteroatoms. The van der Waals surface area contributed by atoms with Gasteiger partial charge in [-0.3, -0.25) is 4.79 Å². The molecule has 0 saturated carbocycles. The minimum atomic E-state index is -0.246. The zero-order valence-corrected chi connectivity index (χ0v) is 15.1. The number of carbonyl (C=O) groups is 1. The lowest BCUT2D eigenvalue weighted by atomic mass is 10.2. The van der Waals surface area contributed by atoms with Crippen molar-refractivity contribution in [2.24, 2.45) is 0 Å². The summed E-state index contributed by atoms with van der Waals surface area (Å²) >= 11 is 0. The monoisotopic (exact) mass is 334 g/mol. The standard InChI is InChI=1S/C19H30N2O3/c1-4-12-23-17-9-8-16(14-18(17)24-13-5-2)20-15(3)19(22)21-10-6-7-11-21/h8-9,14-15,20H,4-7,10-13H2,1-3H3. The number of benzene rings is 1. The van der Waals surface area contributed by atoms with Gasteiger partial charge in [0, 0.05) is 24.8 Å². The lowest BCUT2D eigenvalue weighted by Crippen LogP contribution is -2.39. The molecule has 1 aromatic rings. The number of anilines is 1. The fraction of sp³-hybridized carbons (Fsp3) is 0.632. The lowest BCUT2D eigenvalue weighted by molar-refractivity contribution is -0.130. The van der Waals surface area contributed by atoms with E-state index in [1.807, 2.05) is 30.0 Å². The van der Waals surface area contributed by atoms with Crippen molar-refractivity contribution in [3.8, 4) is 11.5 Å². The second kappa shape index (κ2) is 9.40. The van der Waals surface area contributed by atoms with Crippen molar-refractivity contribution in [3.05, 3.63) is 18.2 Å². The van der Waals surface area contributed by atoms with Crippen molar-refractivity contribution in [1.82, 2.24) is 4.90 Å². The van der Waals surface area contributed by atoms with Crippen LogP contribution in [0.5, 0.6) is 11.5 Å². The van der Waals surface area contributed by atoms with Gasteiger partial charge in [-0.2, -0.15) is 0 Å². The van der Waals surface area contributed by atoms with Crippen LogP contribution in [0.2, 0.25) is 0 Å². The van der Waals surface area contributed by atoms with Crippen LogP contribution in [-0.4, -0.2) is 43.2 Å². The first-order chi connectivity index (χ1) is 11.7. The van der Waals surface area contributed by atoms with Crippen LogP contribution >= 0.6 is 0 Å². The van der Waals surface area contributed by atoms with Gasteiger partial charge in [-0.25, -0.2) is 0 Å². The Morgan fingerprint density at radius 1 is 1.12 bits per heavy atom. The molecule has 0 aromatic heterocycles. The second-order valence-electron chi connectivity index (χ2n) is 6.26. The Morgan fingerprint density at radius 2 is 1.75 bits per heavy atom. The SMILES string of the molecule is CCCOc1ccc(NC(C)C(=O)N2CCCC2)cc1OCCC. The molecule has 1 N–H and O–H groups in total. The van der Waals surface area contributed by atoms with E-state index in [0.29, 0.717) is 13.2 Å². The third kappa shape index (κ3) is 5.05. The Bertz CT molecular complexity index is 527. The fourth-order valence-corrected chi connectivity index (χ4v) is 2.78. The molecule has 5 nitrogen and oxygen atoms in total. The van der Waals surface area contributed by atoms with E-state index in [4.69, 9.17) is 9.47 Å². The molecule has 1 aromatic carbocycles. The Hall–Kier alpha value is -1.91. The summed E-state index contributed by atoms with van der Waals surface area (Å²) in [6.07, 6.45) is 4.11. The molecule has 1 unspecified atom stereocenters. The molecule has 0 radical (unpaired) electrons. The van der Waals surface area contributed by atoms with E-state index in [0.717, 1.165) is 56.0 Å². The van der Waals surface area contributed by atoms with E-state index in [-0.39, 0.29) is 11.9 Å². The number of ether oxygens (including phenoxy) is 2. The third-order valence-electron chi connectivity index (χ3n) is 4.04. The van der Waals surface area contributed by atoms with Gasteiger partial charge < -0.3 is 19.7 Å². The minimum Gasteiger partial charge on any atom is -0.490 e. The summed E-state index contributed by atoms with van der Waals surface area (Å²) in [5.74, 6) is 1.65. The molecule has 1 saturated heterocycles. The maximum Gasteiger partial charge on any atom is 0.244 e. The number of hydrogen-bond donors (Lipinski definition) is 1. The smallest absolute Gasteiger partial charge is 0.244 e. The first-order valence-corrected chi connectivity index (χ1v) is 9.10. The maximum atomic E-state index is 12.4. The summed E-state index contributed by atoms with van der Waals surface area (Å²) in [6, 6.07) is 5.53. The van der Waals surface area contributed by atoms with E-state index in [9.17, 15) is 4.79 Å². The maximum absolute atomic E-state index is 12.4. The molecular weight excluding hydrogens is 304 g/mol. The summed E-state index contributed by atoms with van der Waals surface area (Å²) in [6.45, 7) is 9.13. The molecule has 134 valence electrons. The predicted molar refractivity (Wildman–Crippen MR) is 96.9 cm³/mol. The summed E-state index contributed by atoms with van der Waals surface area (Å²) in [5.41, 5.74) is 0.880. The van der Waals surface area contributed by atoms with Gasteiger partial charge in [-0.1, -0.05) is 13.8 Å². The largest absolute Gasteiger partial charge is 0.490 e. The van der Waals surface area contributed by atoms with Crippen LogP contribution in [0, 0.1) is 0 Å². The van der Waals surface area contributed by atoms with Crippen molar-refractivity contribution < 1.29 is 14.3 Å². The van der Waals surface area contributed by atoms with Gasteiger partial charge >= 0.3 is 0 Å². The molecule has 1 aliphatic heterocycles. The van der Waals surface area contributed by atoms with Gasteiger partial charge in [-0.15, -0.1) is 0 Å². The topological polar surface area (TPSA) is 50.8 Å². The third-order valence-corrected chi connectivity index (χ3v) is 4.04. The number of amides is 1. The van der Waals surface area contributed by atoms with Crippen molar-refractivity contribution in [3.63, 3.8) is 0 Å². The molecule has 1 aliphatic rings.